The molecule has 0 unspecified atom stereocenters. The molecule has 0 aliphatic heterocycles. The Kier molecular flexibility index (Phi) is 8.98. The number of hydrogen-bond donors (Lipinski definition) is 3. The topological polar surface area (TPSA) is 74.1 Å². The van der Waals surface area contributed by atoms with Crippen LogP contribution in [0.1, 0.15) is 24.0 Å². The molecule has 0 bridgehead atoms. The zero-order valence-corrected chi connectivity index (χ0v) is 17.9. The molecule has 0 aliphatic carbocycles. The number of nitrogens with one attached hydrogen (secondary N) is 2. The van der Waals surface area contributed by atoms with Crippen LogP contribution in [0.5, 0.6) is 0 Å². The van der Waals surface area contributed by atoms with Crippen LogP contribution in [-0.2, 0) is 11.3 Å². The van der Waals surface area contributed by atoms with E-state index in [9.17, 15) is 4.79 Å². The summed E-state index contributed by atoms with van der Waals surface area (Å²) in [5.74, 6) is -0.277. The third-order valence-electron chi connectivity index (χ3n) is 4.65. The van der Waals surface area contributed by atoms with Crippen LogP contribution in [0.2, 0.25) is 0 Å². The fourth-order valence-corrected chi connectivity index (χ4v) is 3.23. The number of carbonyl (C=O) groups excluding carboxylic acids is 1. The van der Waals surface area contributed by atoms with Crippen LogP contribution in [0.4, 0.5) is 5.69 Å². The molecular formula is C21H28Cl2N4O. The van der Waals surface area contributed by atoms with Crippen LogP contribution < -0.4 is 11.1 Å². The van der Waals surface area contributed by atoms with E-state index >= 15 is 0 Å². The van der Waals surface area contributed by atoms with Gasteiger partial charge in [0, 0.05) is 35.2 Å². The number of anilines is 1. The van der Waals surface area contributed by atoms with E-state index in [-0.39, 0.29) is 36.6 Å². The average molecular weight is 423 g/mol. The number of nitrogens with two attached hydrogens (primary N) is 1. The molecule has 0 fully saturated rings. The van der Waals surface area contributed by atoms with Gasteiger partial charge in [0.15, 0.2) is 0 Å². The molecule has 7 heteroatoms. The van der Waals surface area contributed by atoms with Crippen LogP contribution in [0.15, 0.2) is 54.7 Å². The van der Waals surface area contributed by atoms with Crippen LogP contribution in [0.25, 0.3) is 10.9 Å². The van der Waals surface area contributed by atoms with Crippen molar-refractivity contribution in [2.45, 2.75) is 25.4 Å². The van der Waals surface area contributed by atoms with E-state index in [2.05, 4.69) is 15.2 Å². The fraction of sp³-hybridized carbons (Fsp3) is 0.286. The highest BCUT2D eigenvalue weighted by Crippen LogP contribution is 2.27. The molecule has 0 saturated heterocycles. The number of aromatic nitrogens is 1. The Labute approximate surface area is 178 Å². The Bertz CT molecular complexity index is 910. The minimum Gasteiger partial charge on any atom is -0.361 e. The molecule has 5 nitrogen and oxygen atoms in total. The number of amides is 1. The summed E-state index contributed by atoms with van der Waals surface area (Å²) in [7, 11) is 4.04. The van der Waals surface area contributed by atoms with Crippen LogP contribution in [0, 0.1) is 0 Å². The monoisotopic (exact) mass is 422 g/mol. The molecule has 1 aromatic heterocycles. The number of para-hydroxylation sites is 1. The predicted octanol–water partition coefficient (Wildman–Crippen LogP) is 4.14. The summed E-state index contributed by atoms with van der Waals surface area (Å²) in [5.41, 5.74) is 10.3. The number of rotatable bonds is 6. The number of nitrogens with zero attached hydrogens (tertiary/aromatic N) is 1. The number of aromatic amines is 1. The molecule has 4 N–H and O–H groups in total. The summed E-state index contributed by atoms with van der Waals surface area (Å²) in [6.07, 6.45) is 1.94. The second-order valence-corrected chi connectivity index (χ2v) is 7.03. The maximum Gasteiger partial charge on any atom is 0.241 e. The summed E-state index contributed by atoms with van der Waals surface area (Å²) in [5, 5.41) is 4.06. The van der Waals surface area contributed by atoms with Gasteiger partial charge >= 0.3 is 0 Å². The molecule has 1 heterocycles. The Balaban J connectivity index is 0.00000196. The minimum absolute atomic E-state index is 0. The van der Waals surface area contributed by atoms with Gasteiger partial charge in [-0.15, -0.1) is 24.8 Å². The maximum absolute atomic E-state index is 12.7. The second kappa shape index (κ2) is 10.5. The lowest BCUT2D eigenvalue weighted by Gasteiger charge is -2.19. The first-order valence-corrected chi connectivity index (χ1v) is 8.82. The normalized spacial score (nSPS) is 12.8. The molecule has 3 aromatic rings. The van der Waals surface area contributed by atoms with E-state index in [0.717, 1.165) is 34.3 Å². The zero-order valence-electron chi connectivity index (χ0n) is 16.3. The van der Waals surface area contributed by atoms with Gasteiger partial charge in [0.25, 0.3) is 0 Å². The predicted molar refractivity (Wildman–Crippen MR) is 122 cm³/mol. The number of halogens is 2. The van der Waals surface area contributed by atoms with E-state index in [1.54, 1.807) is 0 Å². The SMILES string of the molecule is C[C@@H](c1c[nH]c2ccccc12)[C@@H](N)C(=O)Nc1cccc(CN(C)C)c1.Cl.Cl. The summed E-state index contributed by atoms with van der Waals surface area (Å²) in [6.45, 7) is 2.81. The smallest absolute Gasteiger partial charge is 0.241 e. The van der Waals surface area contributed by atoms with Crippen LogP contribution >= 0.6 is 24.8 Å². The minimum atomic E-state index is -0.633. The Morgan fingerprint density at radius 2 is 1.86 bits per heavy atom. The van der Waals surface area contributed by atoms with E-state index in [0.29, 0.717) is 0 Å². The van der Waals surface area contributed by atoms with Crippen molar-refractivity contribution < 1.29 is 4.79 Å². The Hall–Kier alpha value is -2.05. The van der Waals surface area contributed by atoms with Crippen LogP contribution in [0.3, 0.4) is 0 Å². The molecule has 1 amide bonds. The fourth-order valence-electron chi connectivity index (χ4n) is 3.23. The molecule has 0 spiro atoms. The van der Waals surface area contributed by atoms with Crippen molar-refractivity contribution in [1.29, 1.82) is 0 Å². The van der Waals surface area contributed by atoms with Crippen molar-refractivity contribution in [2.75, 3.05) is 19.4 Å². The maximum atomic E-state index is 12.7. The molecule has 0 aliphatic rings. The van der Waals surface area contributed by atoms with Gasteiger partial charge in [0.2, 0.25) is 5.91 Å². The van der Waals surface area contributed by atoms with Gasteiger partial charge in [-0.1, -0.05) is 37.3 Å². The number of benzene rings is 2. The molecule has 2 atom stereocenters. The molecule has 2 aromatic carbocycles. The number of hydrogen-bond acceptors (Lipinski definition) is 3. The van der Waals surface area contributed by atoms with Crippen molar-refractivity contribution in [3.63, 3.8) is 0 Å². The lowest BCUT2D eigenvalue weighted by Crippen LogP contribution is -2.39. The first-order chi connectivity index (χ1) is 12.5. The quantitative estimate of drug-likeness (QED) is 0.558. The van der Waals surface area contributed by atoms with E-state index in [4.69, 9.17) is 5.73 Å². The van der Waals surface area contributed by atoms with Crippen molar-refractivity contribution in [1.82, 2.24) is 9.88 Å². The zero-order chi connectivity index (χ0) is 18.7. The Morgan fingerprint density at radius 3 is 2.57 bits per heavy atom. The summed E-state index contributed by atoms with van der Waals surface area (Å²) < 4.78 is 0. The highest BCUT2D eigenvalue weighted by Gasteiger charge is 2.24. The van der Waals surface area contributed by atoms with Gasteiger partial charge < -0.3 is 20.9 Å². The third kappa shape index (κ3) is 5.49. The number of H-pyrrole nitrogens is 1. The van der Waals surface area contributed by atoms with Crippen molar-refractivity contribution in [2.24, 2.45) is 5.73 Å². The van der Waals surface area contributed by atoms with Gasteiger partial charge in [-0.25, -0.2) is 0 Å². The molecule has 0 radical (unpaired) electrons. The molecule has 0 saturated carbocycles. The largest absolute Gasteiger partial charge is 0.361 e. The standard InChI is InChI=1S/C21H26N4O.2ClH/c1-14(18-12-23-19-10-5-4-9-17(18)19)20(22)21(26)24-16-8-6-7-15(11-16)13-25(2)3;;/h4-12,14,20,23H,13,22H2,1-3H3,(H,24,26);2*1H/t14-,20+;;/m0../s1. The molecule has 3 rings (SSSR count). The van der Waals surface area contributed by atoms with Crippen molar-refractivity contribution in [3.05, 3.63) is 65.9 Å². The Morgan fingerprint density at radius 1 is 1.14 bits per heavy atom. The third-order valence-corrected chi connectivity index (χ3v) is 4.65. The van der Waals surface area contributed by atoms with Gasteiger partial charge in [0.1, 0.15) is 0 Å². The lowest BCUT2D eigenvalue weighted by molar-refractivity contribution is -0.117. The summed E-state index contributed by atoms with van der Waals surface area (Å²) in [6, 6.07) is 15.3. The van der Waals surface area contributed by atoms with E-state index < -0.39 is 6.04 Å². The highest BCUT2D eigenvalue weighted by atomic mass is 35.5. The number of carbonyl (C=O) groups is 1. The second-order valence-electron chi connectivity index (χ2n) is 7.03. The van der Waals surface area contributed by atoms with E-state index in [1.165, 1.54) is 0 Å². The molecule has 152 valence electrons. The van der Waals surface area contributed by atoms with Gasteiger partial charge in [-0.05, 0) is 43.4 Å². The van der Waals surface area contributed by atoms with Gasteiger partial charge in [-0.2, -0.15) is 0 Å². The van der Waals surface area contributed by atoms with Crippen molar-refractivity contribution in [3.8, 4) is 0 Å². The molecule has 28 heavy (non-hydrogen) atoms. The lowest BCUT2D eigenvalue weighted by atomic mass is 9.93. The molecular weight excluding hydrogens is 395 g/mol. The van der Waals surface area contributed by atoms with Gasteiger partial charge in [0.05, 0.1) is 6.04 Å². The summed E-state index contributed by atoms with van der Waals surface area (Å²) >= 11 is 0. The number of fused-ring (bicyclic) bond motifs is 1. The van der Waals surface area contributed by atoms with Gasteiger partial charge in [-0.3, -0.25) is 4.79 Å². The average Bonchev–Trinajstić information content (AvgIpc) is 3.04. The first-order valence-electron chi connectivity index (χ1n) is 8.82. The van der Waals surface area contributed by atoms with Crippen molar-refractivity contribution >= 4 is 47.3 Å². The first kappa shape index (κ1) is 24.0. The summed E-state index contributed by atoms with van der Waals surface area (Å²) in [4.78, 5) is 18.0. The van der Waals surface area contributed by atoms with Crippen LogP contribution in [-0.4, -0.2) is 35.9 Å². The van der Waals surface area contributed by atoms with E-state index in [1.807, 2.05) is 75.7 Å². The highest BCUT2D eigenvalue weighted by molar-refractivity contribution is 5.96.